The molecule has 16 heteroatoms. The molecule has 0 bridgehead atoms. The molecule has 4 aromatic rings. The maximum atomic E-state index is 13.1. The van der Waals surface area contributed by atoms with Crippen molar-refractivity contribution < 1.29 is 36.6 Å². The molecule has 0 saturated carbocycles. The summed E-state index contributed by atoms with van der Waals surface area (Å²) < 4.78 is 81.8. The Morgan fingerprint density at radius 3 is 1.55 bits per heavy atom. The van der Waals surface area contributed by atoms with Crippen LogP contribution < -0.4 is 0 Å². The molecule has 0 amide bonds. The minimum absolute atomic E-state index is 0.114. The van der Waals surface area contributed by atoms with E-state index in [-0.39, 0.29) is 24.2 Å². The van der Waals surface area contributed by atoms with E-state index in [2.05, 4.69) is 36.1 Å². The van der Waals surface area contributed by atoms with Crippen molar-refractivity contribution in [1.82, 2.24) is 29.5 Å². The predicted octanol–water partition coefficient (Wildman–Crippen LogP) is 5.78. The van der Waals surface area contributed by atoms with Gasteiger partial charge in [0.05, 0.1) is 24.2 Å². The molecule has 2 heterocycles. The van der Waals surface area contributed by atoms with Gasteiger partial charge in [-0.15, -0.1) is 0 Å². The average molecular weight is 747 g/mol. The zero-order chi connectivity index (χ0) is 29.9. The third-order valence-corrected chi connectivity index (χ3v) is 6.77. The Kier molecular flexibility index (Phi) is 9.68. The first kappa shape index (κ1) is 32.0. The predicted molar refractivity (Wildman–Crippen MR) is 142 cm³/mol. The number of benzene rings is 2. The van der Waals surface area contributed by atoms with E-state index in [1.54, 1.807) is 22.6 Å². The molecule has 0 aliphatic heterocycles. The van der Waals surface area contributed by atoms with E-state index >= 15 is 0 Å². The van der Waals surface area contributed by atoms with Gasteiger partial charge in [-0.3, -0.25) is 0 Å². The van der Waals surface area contributed by atoms with E-state index in [0.717, 1.165) is 12.1 Å². The summed E-state index contributed by atoms with van der Waals surface area (Å²) >= 11 is 4.81. The minimum Gasteiger partial charge on any atom is -0.383 e. The molecule has 8 nitrogen and oxygen atoms in total. The van der Waals surface area contributed by atoms with Crippen LogP contribution in [-0.4, -0.2) is 39.7 Å². The topological polar surface area (TPSA) is 102 Å². The van der Waals surface area contributed by atoms with Crippen LogP contribution in [0.15, 0.2) is 66.2 Å². The summed E-state index contributed by atoms with van der Waals surface area (Å²) in [4.78, 5) is 7.40. The van der Waals surface area contributed by atoms with Gasteiger partial charge in [0, 0.05) is 8.04 Å². The van der Waals surface area contributed by atoms with Gasteiger partial charge in [0.15, 0.2) is 0 Å². The van der Waals surface area contributed by atoms with Gasteiger partial charge in [0.2, 0.25) is 0 Å². The lowest BCUT2D eigenvalue weighted by atomic mass is 9.91. The second-order valence-corrected chi connectivity index (χ2v) is 11.3. The molecular formula is C24H22BrF6IN6O2. The van der Waals surface area contributed by atoms with E-state index in [4.69, 9.17) is 0 Å². The number of hydrogen-bond acceptors (Lipinski definition) is 6. The molecule has 2 aromatic carbocycles. The van der Waals surface area contributed by atoms with Crippen LogP contribution in [-0.2, 0) is 36.6 Å². The van der Waals surface area contributed by atoms with Crippen LogP contribution in [0, 0.1) is 3.57 Å². The van der Waals surface area contributed by atoms with Gasteiger partial charge in [-0.1, -0.05) is 28.1 Å². The van der Waals surface area contributed by atoms with E-state index in [0.29, 0.717) is 8.04 Å². The fourth-order valence-electron chi connectivity index (χ4n) is 3.87. The summed E-state index contributed by atoms with van der Waals surface area (Å²) in [6.07, 6.45) is -3.89. The summed E-state index contributed by atoms with van der Waals surface area (Å²) in [5, 5.41) is 28.4. The standard InChI is InChI=1S/C12H11BrF3N3O.C12H11F3IN3O/c1-11(20,5-19-7-17-6-18-19)9-3-2-8(13)4-10(9)12(14,15)16;1-11(20,5-19-7-17-6-18-19)9-3-2-8(16)4-10(9)12(13,14)15/h2*2-4,6-7,20H,5H2,1H3. The molecule has 0 aliphatic rings. The highest BCUT2D eigenvalue weighted by atomic mass is 127. The fourth-order valence-corrected chi connectivity index (χ4v) is 4.72. The summed E-state index contributed by atoms with van der Waals surface area (Å²) in [5.74, 6) is 0. The smallest absolute Gasteiger partial charge is 0.383 e. The molecule has 0 fully saturated rings. The van der Waals surface area contributed by atoms with Crippen LogP contribution >= 0.6 is 38.5 Å². The Morgan fingerprint density at radius 2 is 1.15 bits per heavy atom. The van der Waals surface area contributed by atoms with Crippen LogP contribution in [0.3, 0.4) is 0 Å². The minimum atomic E-state index is -4.55. The van der Waals surface area contributed by atoms with Crippen molar-refractivity contribution in [2.45, 2.75) is 50.5 Å². The van der Waals surface area contributed by atoms with Crippen molar-refractivity contribution in [2.24, 2.45) is 0 Å². The molecular weight excluding hydrogens is 725 g/mol. The first-order valence-electron chi connectivity index (χ1n) is 11.2. The van der Waals surface area contributed by atoms with Crippen LogP contribution in [0.2, 0.25) is 0 Å². The van der Waals surface area contributed by atoms with Crippen LogP contribution in [0.4, 0.5) is 26.3 Å². The van der Waals surface area contributed by atoms with Crippen molar-refractivity contribution in [3.8, 4) is 0 Å². The molecule has 2 unspecified atom stereocenters. The number of alkyl halides is 6. The van der Waals surface area contributed by atoms with Gasteiger partial charge >= 0.3 is 12.4 Å². The second kappa shape index (κ2) is 12.1. The van der Waals surface area contributed by atoms with Crippen LogP contribution in [0.25, 0.3) is 0 Å². The zero-order valence-electron chi connectivity index (χ0n) is 20.8. The van der Waals surface area contributed by atoms with Crippen LogP contribution in [0.1, 0.15) is 36.1 Å². The van der Waals surface area contributed by atoms with E-state index in [1.165, 1.54) is 72.8 Å². The van der Waals surface area contributed by atoms with Crippen LogP contribution in [0.5, 0.6) is 0 Å². The lowest BCUT2D eigenvalue weighted by molar-refractivity contribution is -0.141. The highest BCUT2D eigenvalue weighted by Crippen LogP contribution is 2.39. The quantitative estimate of drug-likeness (QED) is 0.192. The van der Waals surface area contributed by atoms with Crippen molar-refractivity contribution in [2.75, 3.05) is 0 Å². The summed E-state index contributed by atoms with van der Waals surface area (Å²) in [7, 11) is 0. The maximum Gasteiger partial charge on any atom is 0.416 e. The SMILES string of the molecule is CC(O)(Cn1cncn1)c1ccc(Br)cc1C(F)(F)F.CC(O)(Cn1cncn1)c1ccc(I)cc1C(F)(F)F. The average Bonchev–Trinajstić information content (AvgIpc) is 3.52. The zero-order valence-corrected chi connectivity index (χ0v) is 24.5. The molecule has 0 aliphatic carbocycles. The summed E-state index contributed by atoms with van der Waals surface area (Å²) in [6.45, 7) is 2.40. The van der Waals surface area contributed by atoms with Gasteiger partial charge in [-0.25, -0.2) is 19.3 Å². The Bertz CT molecular complexity index is 1300. The number of aliphatic hydroxyl groups is 2. The molecule has 4 rings (SSSR count). The summed E-state index contributed by atoms with van der Waals surface area (Å²) in [6, 6.07) is 7.50. The Labute approximate surface area is 246 Å². The van der Waals surface area contributed by atoms with Gasteiger partial charge < -0.3 is 10.2 Å². The third-order valence-electron chi connectivity index (χ3n) is 5.61. The molecule has 2 N–H and O–H groups in total. The van der Waals surface area contributed by atoms with Gasteiger partial charge in [0.25, 0.3) is 0 Å². The second-order valence-electron chi connectivity index (χ2n) is 9.11. The Morgan fingerprint density at radius 1 is 0.725 bits per heavy atom. The maximum absolute atomic E-state index is 13.1. The Hall–Kier alpha value is -2.57. The van der Waals surface area contributed by atoms with Crippen molar-refractivity contribution in [3.05, 3.63) is 92.0 Å². The number of hydrogen-bond donors (Lipinski definition) is 2. The van der Waals surface area contributed by atoms with Crippen molar-refractivity contribution >= 4 is 38.5 Å². The number of aromatic nitrogens is 6. The van der Waals surface area contributed by atoms with E-state index in [9.17, 15) is 36.6 Å². The van der Waals surface area contributed by atoms with Crippen molar-refractivity contribution in [1.29, 1.82) is 0 Å². The largest absolute Gasteiger partial charge is 0.416 e. The molecule has 2 atom stereocenters. The van der Waals surface area contributed by atoms with Gasteiger partial charge in [-0.05, 0) is 71.8 Å². The monoisotopic (exact) mass is 746 g/mol. The molecule has 0 saturated heterocycles. The van der Waals surface area contributed by atoms with Gasteiger partial charge in [-0.2, -0.15) is 36.5 Å². The number of nitrogens with zero attached hydrogens (tertiary/aromatic N) is 6. The number of halogens is 8. The lowest BCUT2D eigenvalue weighted by Crippen LogP contribution is -2.31. The number of rotatable bonds is 6. The highest BCUT2D eigenvalue weighted by Gasteiger charge is 2.40. The molecule has 40 heavy (non-hydrogen) atoms. The molecule has 2 aromatic heterocycles. The lowest BCUT2D eigenvalue weighted by Gasteiger charge is -2.27. The van der Waals surface area contributed by atoms with E-state index < -0.39 is 34.7 Å². The third kappa shape index (κ3) is 8.23. The fraction of sp³-hybridized carbons (Fsp3) is 0.333. The van der Waals surface area contributed by atoms with E-state index in [1.807, 2.05) is 0 Å². The molecule has 0 spiro atoms. The molecule has 0 radical (unpaired) electrons. The summed E-state index contributed by atoms with van der Waals surface area (Å²) in [5.41, 5.74) is -5.53. The van der Waals surface area contributed by atoms with Gasteiger partial charge in [0.1, 0.15) is 36.5 Å². The highest BCUT2D eigenvalue weighted by molar-refractivity contribution is 14.1. The molecule has 216 valence electrons. The first-order valence-corrected chi connectivity index (χ1v) is 13.1. The normalized spacial score (nSPS) is 15.1. The Balaban J connectivity index is 0.000000220. The first-order chi connectivity index (χ1) is 18.4. The van der Waals surface area contributed by atoms with Crippen molar-refractivity contribution in [3.63, 3.8) is 0 Å².